The van der Waals surface area contributed by atoms with Gasteiger partial charge in [0.1, 0.15) is 5.75 Å². The van der Waals surface area contributed by atoms with Crippen LogP contribution in [0.5, 0.6) is 5.75 Å². The number of hydrogen-bond donors (Lipinski definition) is 1. The van der Waals surface area contributed by atoms with E-state index < -0.39 is 0 Å². The Kier molecular flexibility index (Phi) is 3.21. The maximum absolute atomic E-state index is 5.77. The number of aryl methyl sites for hydroxylation is 2. The van der Waals surface area contributed by atoms with Crippen molar-refractivity contribution in [2.24, 2.45) is 5.92 Å². The van der Waals surface area contributed by atoms with Gasteiger partial charge in [-0.1, -0.05) is 0 Å². The van der Waals surface area contributed by atoms with E-state index in [1.807, 2.05) is 26.0 Å². The highest BCUT2D eigenvalue weighted by atomic mass is 16.5. The van der Waals surface area contributed by atoms with Gasteiger partial charge < -0.3 is 10.1 Å². The number of nitrogens with one attached hydrogen (secondary N) is 1. The highest BCUT2D eigenvalue weighted by Crippen LogP contribution is 2.16. The number of pyridine rings is 1. The molecule has 2 heterocycles. The van der Waals surface area contributed by atoms with Crippen LogP contribution in [-0.4, -0.2) is 24.7 Å². The van der Waals surface area contributed by atoms with Gasteiger partial charge >= 0.3 is 0 Å². The largest absolute Gasteiger partial charge is 0.493 e. The van der Waals surface area contributed by atoms with Gasteiger partial charge in [0.25, 0.3) is 0 Å². The molecular formula is C12H18N2O. The van der Waals surface area contributed by atoms with Gasteiger partial charge in [0.05, 0.1) is 6.61 Å². The van der Waals surface area contributed by atoms with E-state index >= 15 is 0 Å². The van der Waals surface area contributed by atoms with Gasteiger partial charge in [0, 0.05) is 36.0 Å². The van der Waals surface area contributed by atoms with Gasteiger partial charge in [-0.25, -0.2) is 0 Å². The summed E-state index contributed by atoms with van der Waals surface area (Å²) in [5.74, 6) is 1.62. The number of rotatable bonds is 3. The molecule has 1 N–H and O–H groups in total. The predicted octanol–water partition coefficient (Wildman–Crippen LogP) is 1.69. The van der Waals surface area contributed by atoms with Crippen LogP contribution in [0.25, 0.3) is 0 Å². The fourth-order valence-electron chi connectivity index (χ4n) is 1.95. The Labute approximate surface area is 90.9 Å². The first kappa shape index (κ1) is 10.4. The monoisotopic (exact) mass is 206 g/mol. The fraction of sp³-hybridized carbons (Fsp3) is 0.583. The normalized spacial score (nSPS) is 20.5. The molecule has 1 unspecified atom stereocenters. The van der Waals surface area contributed by atoms with Gasteiger partial charge in [-0.3, -0.25) is 4.98 Å². The van der Waals surface area contributed by atoms with Crippen LogP contribution >= 0.6 is 0 Å². The summed E-state index contributed by atoms with van der Waals surface area (Å²) in [5, 5.41) is 3.34. The molecule has 1 atom stereocenters. The van der Waals surface area contributed by atoms with E-state index in [0.717, 1.165) is 36.8 Å². The summed E-state index contributed by atoms with van der Waals surface area (Å²) >= 11 is 0. The van der Waals surface area contributed by atoms with Crippen molar-refractivity contribution in [1.82, 2.24) is 10.3 Å². The van der Waals surface area contributed by atoms with Crippen molar-refractivity contribution in [3.8, 4) is 5.75 Å². The highest BCUT2D eigenvalue weighted by molar-refractivity contribution is 5.26. The van der Waals surface area contributed by atoms with Crippen molar-refractivity contribution in [2.45, 2.75) is 20.3 Å². The summed E-state index contributed by atoms with van der Waals surface area (Å²) in [5.41, 5.74) is 2.05. The maximum Gasteiger partial charge on any atom is 0.122 e. The number of aromatic nitrogens is 1. The van der Waals surface area contributed by atoms with Crippen LogP contribution in [0.1, 0.15) is 17.8 Å². The number of nitrogens with zero attached hydrogens (tertiary/aromatic N) is 1. The molecule has 3 nitrogen and oxygen atoms in total. The van der Waals surface area contributed by atoms with Crippen LogP contribution in [0.4, 0.5) is 0 Å². The van der Waals surface area contributed by atoms with Crippen LogP contribution in [0.3, 0.4) is 0 Å². The van der Waals surface area contributed by atoms with E-state index in [0.29, 0.717) is 5.92 Å². The molecule has 1 aromatic rings. The van der Waals surface area contributed by atoms with Crippen LogP contribution < -0.4 is 10.1 Å². The minimum absolute atomic E-state index is 0.666. The third kappa shape index (κ3) is 2.93. The second kappa shape index (κ2) is 4.62. The van der Waals surface area contributed by atoms with Crippen LogP contribution in [0.2, 0.25) is 0 Å². The minimum Gasteiger partial charge on any atom is -0.493 e. The lowest BCUT2D eigenvalue weighted by atomic mass is 10.1. The van der Waals surface area contributed by atoms with Gasteiger partial charge in [-0.05, 0) is 26.8 Å². The zero-order valence-electron chi connectivity index (χ0n) is 9.42. The summed E-state index contributed by atoms with van der Waals surface area (Å²) in [6.07, 6.45) is 1.23. The summed E-state index contributed by atoms with van der Waals surface area (Å²) in [6, 6.07) is 3.99. The first-order chi connectivity index (χ1) is 7.24. The van der Waals surface area contributed by atoms with Crippen molar-refractivity contribution in [3.63, 3.8) is 0 Å². The molecule has 1 aromatic heterocycles. The molecule has 0 aromatic carbocycles. The van der Waals surface area contributed by atoms with Gasteiger partial charge in [-0.2, -0.15) is 0 Å². The predicted molar refractivity (Wildman–Crippen MR) is 60.2 cm³/mol. The molecule has 0 saturated carbocycles. The third-order valence-electron chi connectivity index (χ3n) is 2.70. The summed E-state index contributed by atoms with van der Waals surface area (Å²) in [6.45, 7) is 7.02. The van der Waals surface area contributed by atoms with Gasteiger partial charge in [0.2, 0.25) is 0 Å². The molecule has 1 fully saturated rings. The lowest BCUT2D eigenvalue weighted by Crippen LogP contribution is -2.15. The Bertz CT molecular complexity index is 312. The van der Waals surface area contributed by atoms with Crippen molar-refractivity contribution in [3.05, 3.63) is 23.5 Å². The van der Waals surface area contributed by atoms with Gasteiger partial charge in [-0.15, -0.1) is 0 Å². The van der Waals surface area contributed by atoms with E-state index in [4.69, 9.17) is 4.74 Å². The Hall–Kier alpha value is -1.09. The molecule has 0 aliphatic carbocycles. The second-order valence-electron chi connectivity index (χ2n) is 4.26. The molecule has 0 radical (unpaired) electrons. The van der Waals surface area contributed by atoms with E-state index in [2.05, 4.69) is 10.3 Å². The first-order valence-electron chi connectivity index (χ1n) is 5.53. The second-order valence-corrected chi connectivity index (χ2v) is 4.26. The molecule has 1 saturated heterocycles. The smallest absolute Gasteiger partial charge is 0.122 e. The average Bonchev–Trinajstić information content (AvgIpc) is 2.65. The Morgan fingerprint density at radius 1 is 1.40 bits per heavy atom. The van der Waals surface area contributed by atoms with Crippen molar-refractivity contribution in [1.29, 1.82) is 0 Å². The van der Waals surface area contributed by atoms with E-state index in [-0.39, 0.29) is 0 Å². The molecular weight excluding hydrogens is 188 g/mol. The lowest BCUT2D eigenvalue weighted by Gasteiger charge is -2.11. The number of ether oxygens (including phenoxy) is 1. The Morgan fingerprint density at radius 3 is 2.73 bits per heavy atom. The number of hydrogen-bond acceptors (Lipinski definition) is 3. The fourth-order valence-corrected chi connectivity index (χ4v) is 1.95. The molecule has 1 aliphatic rings. The van der Waals surface area contributed by atoms with E-state index in [1.54, 1.807) is 0 Å². The summed E-state index contributed by atoms with van der Waals surface area (Å²) in [7, 11) is 0. The third-order valence-corrected chi connectivity index (χ3v) is 2.70. The molecule has 3 heteroatoms. The van der Waals surface area contributed by atoms with Crippen LogP contribution in [-0.2, 0) is 0 Å². The van der Waals surface area contributed by atoms with Crippen molar-refractivity contribution < 1.29 is 4.74 Å². The molecule has 1 aliphatic heterocycles. The molecule has 2 rings (SSSR count). The maximum atomic E-state index is 5.77. The summed E-state index contributed by atoms with van der Waals surface area (Å²) in [4.78, 5) is 4.32. The molecule has 15 heavy (non-hydrogen) atoms. The molecule has 0 bridgehead atoms. The van der Waals surface area contributed by atoms with Crippen LogP contribution in [0, 0.1) is 19.8 Å². The first-order valence-corrected chi connectivity index (χ1v) is 5.53. The van der Waals surface area contributed by atoms with Gasteiger partial charge in [0.15, 0.2) is 0 Å². The highest BCUT2D eigenvalue weighted by Gasteiger charge is 2.14. The van der Waals surface area contributed by atoms with Crippen molar-refractivity contribution >= 4 is 0 Å². The zero-order chi connectivity index (χ0) is 10.7. The molecule has 0 amide bonds. The Morgan fingerprint density at radius 2 is 2.13 bits per heavy atom. The topological polar surface area (TPSA) is 34.1 Å². The quantitative estimate of drug-likeness (QED) is 0.817. The minimum atomic E-state index is 0.666. The summed E-state index contributed by atoms with van der Waals surface area (Å²) < 4.78 is 5.77. The SMILES string of the molecule is Cc1cc(OCC2CCNC2)cc(C)n1. The standard InChI is InChI=1S/C12H18N2O/c1-9-5-12(6-10(2)14-9)15-8-11-3-4-13-7-11/h5-6,11,13H,3-4,7-8H2,1-2H3. The zero-order valence-corrected chi connectivity index (χ0v) is 9.42. The van der Waals surface area contributed by atoms with E-state index in [9.17, 15) is 0 Å². The molecule has 82 valence electrons. The van der Waals surface area contributed by atoms with Crippen LogP contribution in [0.15, 0.2) is 12.1 Å². The lowest BCUT2D eigenvalue weighted by molar-refractivity contribution is 0.259. The molecule has 0 spiro atoms. The van der Waals surface area contributed by atoms with Crippen molar-refractivity contribution in [2.75, 3.05) is 19.7 Å². The Balaban J connectivity index is 1.92. The average molecular weight is 206 g/mol. The van der Waals surface area contributed by atoms with E-state index in [1.165, 1.54) is 6.42 Å².